The van der Waals surface area contributed by atoms with Crippen molar-refractivity contribution in [2.45, 2.75) is 32.6 Å². The molecule has 0 aromatic heterocycles. The van der Waals surface area contributed by atoms with E-state index in [-0.39, 0.29) is 11.6 Å². The van der Waals surface area contributed by atoms with Crippen LogP contribution in [0.15, 0.2) is 17.0 Å². The first-order chi connectivity index (χ1) is 7.41. The van der Waals surface area contributed by atoms with Crippen molar-refractivity contribution in [1.29, 1.82) is 0 Å². The molecule has 0 spiro atoms. The number of thioether (sulfide) groups is 1. The highest BCUT2D eigenvalue weighted by molar-refractivity contribution is 7.99. The molecule has 0 saturated carbocycles. The lowest BCUT2D eigenvalue weighted by Gasteiger charge is -2.10. The number of benzene rings is 1. The topological polar surface area (TPSA) is 17.1 Å². The molecular weight excluding hydrogens is 223 g/mol. The van der Waals surface area contributed by atoms with Crippen LogP contribution in [0.3, 0.4) is 0 Å². The number of hydrogen-bond acceptors (Lipinski definition) is 2. The number of aryl methyl sites for hydroxylation is 1. The molecule has 16 heavy (non-hydrogen) atoms. The lowest BCUT2D eigenvalue weighted by molar-refractivity contribution is 0.101. The summed E-state index contributed by atoms with van der Waals surface area (Å²) in [6.07, 6.45) is 0. The third kappa shape index (κ3) is 3.34. The fraction of sp³-hybridized carbons (Fsp3) is 0.462. The fourth-order valence-electron chi connectivity index (χ4n) is 1.31. The van der Waals surface area contributed by atoms with Gasteiger partial charge in [0.1, 0.15) is 5.82 Å². The highest BCUT2D eigenvalue weighted by Crippen LogP contribution is 2.27. The van der Waals surface area contributed by atoms with Gasteiger partial charge in [-0.1, -0.05) is 13.8 Å². The maximum Gasteiger partial charge on any atom is 0.161 e. The molecule has 0 aliphatic carbocycles. The molecule has 0 fully saturated rings. The number of carbonyl (C=O) groups excluding carboxylic acids is 1. The average molecular weight is 240 g/mol. The Morgan fingerprint density at radius 2 is 2.06 bits per heavy atom. The first-order valence-corrected chi connectivity index (χ1v) is 6.34. The monoisotopic (exact) mass is 240 g/mol. The molecule has 1 aromatic carbocycles. The minimum atomic E-state index is -0.306. The van der Waals surface area contributed by atoms with Gasteiger partial charge in [-0.3, -0.25) is 4.79 Å². The number of hydrogen-bond donors (Lipinski definition) is 0. The lowest BCUT2D eigenvalue weighted by atomic mass is 10.1. The molecule has 1 aromatic rings. The second kappa shape index (κ2) is 5.48. The van der Waals surface area contributed by atoms with E-state index in [1.165, 1.54) is 13.0 Å². The van der Waals surface area contributed by atoms with Crippen molar-refractivity contribution in [3.05, 3.63) is 29.1 Å². The number of carbonyl (C=O) groups is 1. The molecule has 0 aliphatic rings. The van der Waals surface area contributed by atoms with E-state index >= 15 is 0 Å². The van der Waals surface area contributed by atoms with Crippen molar-refractivity contribution < 1.29 is 9.18 Å². The van der Waals surface area contributed by atoms with E-state index < -0.39 is 0 Å². The molecule has 0 saturated heterocycles. The summed E-state index contributed by atoms with van der Waals surface area (Å²) in [7, 11) is 0. The van der Waals surface area contributed by atoms with Gasteiger partial charge in [-0.2, -0.15) is 0 Å². The first kappa shape index (κ1) is 13.2. The molecule has 0 heterocycles. The SMILES string of the molecule is CC(=O)c1cc(F)c(C)cc1SCC(C)C. The molecule has 3 heteroatoms. The van der Waals surface area contributed by atoms with Crippen molar-refractivity contribution >= 4 is 17.5 Å². The van der Waals surface area contributed by atoms with Crippen LogP contribution in [0.5, 0.6) is 0 Å². The van der Waals surface area contributed by atoms with Crippen LogP contribution in [0.1, 0.15) is 36.7 Å². The Morgan fingerprint density at radius 3 is 2.56 bits per heavy atom. The fourth-order valence-corrected chi connectivity index (χ4v) is 2.44. The zero-order valence-electron chi connectivity index (χ0n) is 10.1. The molecule has 0 aliphatic heterocycles. The van der Waals surface area contributed by atoms with Gasteiger partial charge in [0.05, 0.1) is 0 Å². The van der Waals surface area contributed by atoms with Crippen LogP contribution in [-0.2, 0) is 0 Å². The first-order valence-electron chi connectivity index (χ1n) is 5.35. The highest BCUT2D eigenvalue weighted by Gasteiger charge is 2.12. The van der Waals surface area contributed by atoms with Crippen LogP contribution >= 0.6 is 11.8 Å². The molecule has 1 nitrogen and oxygen atoms in total. The van der Waals surface area contributed by atoms with Gasteiger partial charge in [-0.15, -0.1) is 11.8 Å². The third-order valence-electron chi connectivity index (χ3n) is 2.21. The average Bonchev–Trinajstić information content (AvgIpc) is 2.18. The standard InChI is InChI=1S/C13H17FOS/c1-8(2)7-16-13-5-9(3)12(14)6-11(13)10(4)15/h5-6,8H,7H2,1-4H3. The van der Waals surface area contributed by atoms with Crippen molar-refractivity contribution in [1.82, 2.24) is 0 Å². The summed E-state index contributed by atoms with van der Waals surface area (Å²) in [6.45, 7) is 7.44. The minimum Gasteiger partial charge on any atom is -0.294 e. The van der Waals surface area contributed by atoms with E-state index in [4.69, 9.17) is 0 Å². The lowest BCUT2D eigenvalue weighted by Crippen LogP contribution is -2.00. The van der Waals surface area contributed by atoms with E-state index in [1.807, 2.05) is 0 Å². The third-order valence-corrected chi connectivity index (χ3v) is 3.69. The van der Waals surface area contributed by atoms with E-state index in [1.54, 1.807) is 24.8 Å². The van der Waals surface area contributed by atoms with E-state index in [0.717, 1.165) is 10.6 Å². The molecule has 0 unspecified atom stereocenters. The second-order valence-corrected chi connectivity index (χ2v) is 5.42. The molecule has 1 rings (SSSR count). The van der Waals surface area contributed by atoms with E-state index in [9.17, 15) is 9.18 Å². The van der Waals surface area contributed by atoms with Gasteiger partial charge >= 0.3 is 0 Å². The van der Waals surface area contributed by atoms with Crippen LogP contribution in [0.2, 0.25) is 0 Å². The molecule has 88 valence electrons. The summed E-state index contributed by atoms with van der Waals surface area (Å²) in [4.78, 5) is 12.3. The maximum absolute atomic E-state index is 13.4. The summed E-state index contributed by atoms with van der Waals surface area (Å²) in [5.41, 5.74) is 1.09. The van der Waals surface area contributed by atoms with Gasteiger partial charge in [0.25, 0.3) is 0 Å². The summed E-state index contributed by atoms with van der Waals surface area (Å²) in [5.74, 6) is 1.10. The van der Waals surface area contributed by atoms with Crippen LogP contribution in [-0.4, -0.2) is 11.5 Å². The number of halogens is 1. The molecule has 0 amide bonds. The predicted molar refractivity (Wildman–Crippen MR) is 66.7 cm³/mol. The van der Waals surface area contributed by atoms with Gasteiger partial charge in [0.2, 0.25) is 0 Å². The summed E-state index contributed by atoms with van der Waals surface area (Å²) < 4.78 is 13.4. The predicted octanol–water partition coefficient (Wildman–Crippen LogP) is 4.08. The van der Waals surface area contributed by atoms with Gasteiger partial charge in [0, 0.05) is 16.2 Å². The van der Waals surface area contributed by atoms with Crippen molar-refractivity contribution in [3.63, 3.8) is 0 Å². The van der Waals surface area contributed by atoms with Gasteiger partial charge in [-0.05, 0) is 37.5 Å². The Kier molecular flexibility index (Phi) is 4.54. The van der Waals surface area contributed by atoms with E-state index in [2.05, 4.69) is 13.8 Å². The number of rotatable bonds is 4. The molecule has 0 N–H and O–H groups in total. The molecule has 0 radical (unpaired) electrons. The number of Topliss-reactive ketones (excluding diaryl/α,β-unsaturated/α-hetero) is 1. The Morgan fingerprint density at radius 1 is 1.44 bits per heavy atom. The molecular formula is C13H17FOS. The van der Waals surface area contributed by atoms with Crippen LogP contribution < -0.4 is 0 Å². The van der Waals surface area contributed by atoms with Gasteiger partial charge in [0.15, 0.2) is 5.78 Å². The smallest absolute Gasteiger partial charge is 0.161 e. The zero-order valence-corrected chi connectivity index (χ0v) is 11.0. The van der Waals surface area contributed by atoms with Crippen molar-refractivity contribution in [3.8, 4) is 0 Å². The Labute approximate surface area is 100 Å². The Hall–Kier alpha value is -0.830. The van der Waals surface area contributed by atoms with Crippen LogP contribution in [0.4, 0.5) is 4.39 Å². The Bertz CT molecular complexity index is 399. The largest absolute Gasteiger partial charge is 0.294 e. The van der Waals surface area contributed by atoms with E-state index in [0.29, 0.717) is 17.0 Å². The van der Waals surface area contributed by atoms with Crippen molar-refractivity contribution in [2.75, 3.05) is 5.75 Å². The molecule has 0 bridgehead atoms. The normalized spacial score (nSPS) is 10.9. The molecule has 0 atom stereocenters. The number of ketones is 1. The highest BCUT2D eigenvalue weighted by atomic mass is 32.2. The zero-order chi connectivity index (χ0) is 12.3. The van der Waals surface area contributed by atoms with Crippen LogP contribution in [0, 0.1) is 18.7 Å². The maximum atomic E-state index is 13.4. The summed E-state index contributed by atoms with van der Waals surface area (Å²) >= 11 is 1.62. The van der Waals surface area contributed by atoms with Gasteiger partial charge in [-0.25, -0.2) is 4.39 Å². The quantitative estimate of drug-likeness (QED) is 0.582. The second-order valence-electron chi connectivity index (χ2n) is 4.36. The summed E-state index contributed by atoms with van der Waals surface area (Å²) in [5, 5.41) is 0. The Balaban J connectivity index is 3.05. The minimum absolute atomic E-state index is 0.0786. The van der Waals surface area contributed by atoms with Gasteiger partial charge < -0.3 is 0 Å². The summed E-state index contributed by atoms with van der Waals surface area (Å²) in [6, 6.07) is 3.11. The van der Waals surface area contributed by atoms with Crippen molar-refractivity contribution in [2.24, 2.45) is 5.92 Å². The van der Waals surface area contributed by atoms with Crippen LogP contribution in [0.25, 0.3) is 0 Å².